The molecule has 0 fully saturated rings. The number of nitrogens with zero attached hydrogens (tertiary/aromatic N) is 2. The van der Waals surface area contributed by atoms with Gasteiger partial charge in [-0.25, -0.2) is 0 Å². The van der Waals surface area contributed by atoms with Crippen LogP contribution in [-0.4, -0.2) is 29.9 Å². The number of aliphatic imine (C=N–C) groups is 1. The van der Waals surface area contributed by atoms with Crippen LogP contribution in [-0.2, 0) is 0 Å². The number of hydrogen-bond acceptors (Lipinski definition) is 1. The average molecular weight is 297 g/mol. The van der Waals surface area contributed by atoms with E-state index in [1.807, 2.05) is 0 Å². The minimum atomic E-state index is 0.543. The quantitative estimate of drug-likeness (QED) is 0.216. The van der Waals surface area contributed by atoms with Crippen LogP contribution in [0.2, 0.25) is 0 Å². The standard InChI is InChI=1S/C19H40N2/c1-6-7-8-9-10-11-12-13-14-15-16-20-17-21(18(2)3)19(4)5/h17-19H,6-16H2,1-5H3. The highest BCUT2D eigenvalue weighted by atomic mass is 15.2. The van der Waals surface area contributed by atoms with Crippen molar-refractivity contribution in [2.45, 2.75) is 111 Å². The summed E-state index contributed by atoms with van der Waals surface area (Å²) in [5.74, 6) is 0. The summed E-state index contributed by atoms with van der Waals surface area (Å²) in [6, 6.07) is 1.09. The fraction of sp³-hybridized carbons (Fsp3) is 0.947. The van der Waals surface area contributed by atoms with Gasteiger partial charge in [-0.1, -0.05) is 64.7 Å². The van der Waals surface area contributed by atoms with Gasteiger partial charge in [-0.15, -0.1) is 0 Å². The van der Waals surface area contributed by atoms with E-state index in [4.69, 9.17) is 0 Å². The topological polar surface area (TPSA) is 15.6 Å². The largest absolute Gasteiger partial charge is 0.358 e. The zero-order valence-corrected chi connectivity index (χ0v) is 15.4. The summed E-state index contributed by atoms with van der Waals surface area (Å²) < 4.78 is 0. The maximum atomic E-state index is 4.58. The van der Waals surface area contributed by atoms with Crippen LogP contribution >= 0.6 is 0 Å². The summed E-state index contributed by atoms with van der Waals surface area (Å²) in [7, 11) is 0. The van der Waals surface area contributed by atoms with Crippen molar-refractivity contribution in [2.75, 3.05) is 6.54 Å². The van der Waals surface area contributed by atoms with Crippen LogP contribution < -0.4 is 0 Å². The van der Waals surface area contributed by atoms with E-state index in [9.17, 15) is 0 Å². The molecule has 0 radical (unpaired) electrons. The van der Waals surface area contributed by atoms with E-state index < -0.39 is 0 Å². The van der Waals surface area contributed by atoms with Gasteiger partial charge in [-0.05, 0) is 34.1 Å². The Morgan fingerprint density at radius 2 is 1.14 bits per heavy atom. The molecule has 2 nitrogen and oxygen atoms in total. The lowest BCUT2D eigenvalue weighted by Gasteiger charge is -2.28. The van der Waals surface area contributed by atoms with E-state index in [0.29, 0.717) is 12.1 Å². The Bertz CT molecular complexity index is 226. The summed E-state index contributed by atoms with van der Waals surface area (Å²) in [4.78, 5) is 6.91. The fourth-order valence-corrected chi connectivity index (χ4v) is 2.71. The zero-order chi connectivity index (χ0) is 15.9. The molecule has 0 aromatic heterocycles. The van der Waals surface area contributed by atoms with Crippen molar-refractivity contribution >= 4 is 6.34 Å². The predicted molar refractivity (Wildman–Crippen MR) is 97.3 cm³/mol. The molecule has 0 aliphatic carbocycles. The van der Waals surface area contributed by atoms with E-state index in [1.54, 1.807) is 0 Å². The van der Waals surface area contributed by atoms with Crippen molar-refractivity contribution in [3.63, 3.8) is 0 Å². The van der Waals surface area contributed by atoms with E-state index in [1.165, 1.54) is 64.2 Å². The SMILES string of the molecule is CCCCCCCCCCCCN=CN(C(C)C)C(C)C. The normalized spacial score (nSPS) is 12.0. The Labute approximate surface area is 134 Å². The van der Waals surface area contributed by atoms with Crippen LogP contribution in [0.1, 0.15) is 98.8 Å². The first-order valence-corrected chi connectivity index (χ1v) is 9.37. The van der Waals surface area contributed by atoms with Gasteiger partial charge in [0, 0.05) is 18.6 Å². The van der Waals surface area contributed by atoms with Crippen LogP contribution in [0.25, 0.3) is 0 Å². The highest BCUT2D eigenvalue weighted by Crippen LogP contribution is 2.10. The number of unbranched alkanes of at least 4 members (excludes halogenated alkanes) is 9. The predicted octanol–water partition coefficient (Wildman–Crippen LogP) is 6.05. The van der Waals surface area contributed by atoms with Gasteiger partial charge in [-0.2, -0.15) is 0 Å². The van der Waals surface area contributed by atoms with Crippen molar-refractivity contribution in [1.82, 2.24) is 4.90 Å². The molecule has 0 atom stereocenters. The molecule has 0 unspecified atom stereocenters. The van der Waals surface area contributed by atoms with Crippen molar-refractivity contribution in [1.29, 1.82) is 0 Å². The summed E-state index contributed by atoms with van der Waals surface area (Å²) in [6.07, 6.45) is 16.0. The number of rotatable bonds is 14. The second kappa shape index (κ2) is 14.4. The Morgan fingerprint density at radius 1 is 0.714 bits per heavy atom. The summed E-state index contributed by atoms with van der Waals surface area (Å²) >= 11 is 0. The molecule has 0 aromatic rings. The van der Waals surface area contributed by atoms with Crippen LogP contribution in [0.15, 0.2) is 4.99 Å². The van der Waals surface area contributed by atoms with Gasteiger partial charge in [0.2, 0.25) is 0 Å². The van der Waals surface area contributed by atoms with Gasteiger partial charge in [0.05, 0.1) is 6.34 Å². The molecule has 0 aliphatic heterocycles. The number of hydrogen-bond donors (Lipinski definition) is 0. The van der Waals surface area contributed by atoms with E-state index >= 15 is 0 Å². The first-order valence-electron chi connectivity index (χ1n) is 9.37. The molecule has 0 spiro atoms. The maximum Gasteiger partial charge on any atom is 0.0854 e. The van der Waals surface area contributed by atoms with Gasteiger partial charge in [0.25, 0.3) is 0 Å². The first kappa shape index (κ1) is 20.5. The van der Waals surface area contributed by atoms with Crippen molar-refractivity contribution in [3.05, 3.63) is 0 Å². The van der Waals surface area contributed by atoms with E-state index in [0.717, 1.165) is 6.54 Å². The van der Waals surface area contributed by atoms with Crippen LogP contribution in [0.4, 0.5) is 0 Å². The molecule has 0 rings (SSSR count). The van der Waals surface area contributed by atoms with Gasteiger partial charge < -0.3 is 4.90 Å². The minimum Gasteiger partial charge on any atom is -0.358 e. The average Bonchev–Trinajstić information content (AvgIpc) is 2.43. The van der Waals surface area contributed by atoms with E-state index in [-0.39, 0.29) is 0 Å². The molecule has 0 heterocycles. The Hall–Kier alpha value is -0.530. The lowest BCUT2D eigenvalue weighted by Crippen LogP contribution is -2.35. The van der Waals surface area contributed by atoms with Gasteiger partial charge >= 0.3 is 0 Å². The molecular weight excluding hydrogens is 256 g/mol. The van der Waals surface area contributed by atoms with Gasteiger partial charge in [-0.3, -0.25) is 4.99 Å². The smallest absolute Gasteiger partial charge is 0.0854 e. The summed E-state index contributed by atoms with van der Waals surface area (Å²) in [6.45, 7) is 12.2. The molecule has 21 heavy (non-hydrogen) atoms. The maximum absolute atomic E-state index is 4.58. The highest BCUT2D eigenvalue weighted by Gasteiger charge is 2.07. The highest BCUT2D eigenvalue weighted by molar-refractivity contribution is 5.55. The lowest BCUT2D eigenvalue weighted by atomic mass is 10.1. The molecule has 0 aliphatic rings. The van der Waals surface area contributed by atoms with Crippen LogP contribution in [0, 0.1) is 0 Å². The Morgan fingerprint density at radius 3 is 1.57 bits per heavy atom. The van der Waals surface area contributed by atoms with Crippen molar-refractivity contribution in [3.8, 4) is 0 Å². The molecule has 0 aromatic carbocycles. The fourth-order valence-electron chi connectivity index (χ4n) is 2.71. The minimum absolute atomic E-state index is 0.543. The Balaban J connectivity index is 3.39. The molecule has 0 amide bonds. The lowest BCUT2D eigenvalue weighted by molar-refractivity contribution is 0.300. The van der Waals surface area contributed by atoms with Gasteiger partial charge in [0.1, 0.15) is 0 Å². The molecule has 2 heteroatoms. The van der Waals surface area contributed by atoms with Crippen LogP contribution in [0.3, 0.4) is 0 Å². The molecule has 0 bridgehead atoms. The molecule has 0 saturated heterocycles. The third kappa shape index (κ3) is 12.9. The molecule has 0 saturated carbocycles. The third-order valence-electron chi connectivity index (χ3n) is 4.05. The van der Waals surface area contributed by atoms with Crippen molar-refractivity contribution in [2.24, 2.45) is 4.99 Å². The first-order chi connectivity index (χ1) is 10.1. The monoisotopic (exact) mass is 296 g/mol. The molecular formula is C19H40N2. The van der Waals surface area contributed by atoms with E-state index in [2.05, 4.69) is 50.8 Å². The second-order valence-corrected chi connectivity index (χ2v) is 6.84. The molecule has 126 valence electrons. The molecule has 0 N–H and O–H groups in total. The summed E-state index contributed by atoms with van der Waals surface area (Å²) in [5, 5.41) is 0. The summed E-state index contributed by atoms with van der Waals surface area (Å²) in [5.41, 5.74) is 0. The van der Waals surface area contributed by atoms with Crippen molar-refractivity contribution < 1.29 is 0 Å². The third-order valence-corrected chi connectivity index (χ3v) is 4.05. The zero-order valence-electron chi connectivity index (χ0n) is 15.4. The Kier molecular flexibility index (Phi) is 14.0. The van der Waals surface area contributed by atoms with Gasteiger partial charge in [0.15, 0.2) is 0 Å². The van der Waals surface area contributed by atoms with Crippen LogP contribution in [0.5, 0.6) is 0 Å². The second-order valence-electron chi connectivity index (χ2n) is 6.84.